The molecule has 2 saturated heterocycles. The van der Waals surface area contributed by atoms with Crippen molar-refractivity contribution in [2.75, 3.05) is 13.1 Å². The van der Waals surface area contributed by atoms with Gasteiger partial charge in [0.15, 0.2) is 0 Å². The van der Waals surface area contributed by atoms with Crippen molar-refractivity contribution < 1.29 is 4.79 Å². The van der Waals surface area contributed by atoms with E-state index >= 15 is 0 Å². The summed E-state index contributed by atoms with van der Waals surface area (Å²) in [5.74, 6) is 0. The molecule has 2 aliphatic heterocycles. The van der Waals surface area contributed by atoms with Gasteiger partial charge in [-0.3, -0.25) is 0 Å². The van der Waals surface area contributed by atoms with Gasteiger partial charge in [-0.05, 0) is 19.8 Å². The quantitative estimate of drug-likeness (QED) is 0.531. The molecule has 0 aliphatic carbocycles. The summed E-state index contributed by atoms with van der Waals surface area (Å²) in [6.45, 7) is 3.88. The fourth-order valence-corrected chi connectivity index (χ4v) is 2.49. The Balaban J connectivity index is 2.26. The Hall–Kier alpha value is -0.770. The average Bonchev–Trinajstić information content (AvgIpc) is 2.18. The number of carbonyl (C=O) groups is 1. The molecule has 4 nitrogen and oxygen atoms in total. The highest BCUT2D eigenvalue weighted by molar-refractivity contribution is 5.74. The van der Waals surface area contributed by atoms with Crippen LogP contribution in [0.2, 0.25) is 0 Å². The largest absolute Gasteiger partial charge is 0.351 e. The zero-order valence-electron chi connectivity index (χ0n) is 7.34. The van der Waals surface area contributed by atoms with E-state index in [0.717, 1.165) is 25.9 Å². The molecule has 0 saturated carbocycles. The van der Waals surface area contributed by atoms with Gasteiger partial charge in [-0.25, -0.2) is 4.79 Å². The van der Waals surface area contributed by atoms with Crippen LogP contribution < -0.4 is 11.1 Å². The highest BCUT2D eigenvalue weighted by Crippen LogP contribution is 2.35. The van der Waals surface area contributed by atoms with Gasteiger partial charge in [0.2, 0.25) is 0 Å². The third-order valence-electron chi connectivity index (χ3n) is 3.09. The first-order valence-corrected chi connectivity index (χ1v) is 4.43. The Morgan fingerprint density at radius 3 is 3.00 bits per heavy atom. The Morgan fingerprint density at radius 1 is 1.75 bits per heavy atom. The summed E-state index contributed by atoms with van der Waals surface area (Å²) in [5, 5.41) is 3.32. The van der Waals surface area contributed by atoms with Crippen molar-refractivity contribution in [2.24, 2.45) is 5.73 Å². The van der Waals surface area contributed by atoms with Crippen molar-refractivity contribution in [3.05, 3.63) is 0 Å². The van der Waals surface area contributed by atoms with Gasteiger partial charge in [0.25, 0.3) is 0 Å². The maximum atomic E-state index is 11.1. The molecule has 2 amide bonds. The normalized spacial score (nSPS) is 40.1. The summed E-state index contributed by atoms with van der Waals surface area (Å²) >= 11 is 0. The first-order valence-electron chi connectivity index (χ1n) is 4.43. The smallest absolute Gasteiger partial charge is 0.315 e. The van der Waals surface area contributed by atoms with Gasteiger partial charge in [-0.2, -0.15) is 0 Å². The molecule has 2 atom stereocenters. The van der Waals surface area contributed by atoms with E-state index in [2.05, 4.69) is 12.2 Å². The molecule has 2 fully saturated rings. The number of piperazine rings is 1. The van der Waals surface area contributed by atoms with Crippen LogP contribution in [0.4, 0.5) is 4.79 Å². The summed E-state index contributed by atoms with van der Waals surface area (Å²) in [5.41, 5.74) is 5.31. The van der Waals surface area contributed by atoms with E-state index in [1.54, 1.807) is 0 Å². The molecule has 2 rings (SSSR count). The molecular weight excluding hydrogens is 154 g/mol. The van der Waals surface area contributed by atoms with Crippen LogP contribution in [0.25, 0.3) is 0 Å². The maximum Gasteiger partial charge on any atom is 0.315 e. The second-order valence-corrected chi connectivity index (χ2v) is 4.03. The van der Waals surface area contributed by atoms with Gasteiger partial charge in [0.05, 0.1) is 5.54 Å². The van der Waals surface area contributed by atoms with Crippen LogP contribution in [-0.2, 0) is 0 Å². The number of amides is 2. The zero-order valence-corrected chi connectivity index (χ0v) is 7.34. The minimum absolute atomic E-state index is 0.0191. The third kappa shape index (κ3) is 0.909. The topological polar surface area (TPSA) is 58.4 Å². The van der Waals surface area contributed by atoms with Gasteiger partial charge in [0, 0.05) is 19.1 Å². The molecular formula is C8H15N3O. The van der Waals surface area contributed by atoms with Crippen LogP contribution in [0.1, 0.15) is 19.8 Å². The van der Waals surface area contributed by atoms with Crippen LogP contribution in [0, 0.1) is 0 Å². The molecule has 2 bridgehead atoms. The molecule has 2 aliphatic rings. The van der Waals surface area contributed by atoms with Crippen LogP contribution in [0.5, 0.6) is 0 Å². The van der Waals surface area contributed by atoms with E-state index in [-0.39, 0.29) is 11.6 Å². The van der Waals surface area contributed by atoms with E-state index in [4.69, 9.17) is 5.73 Å². The molecule has 0 aromatic carbocycles. The third-order valence-corrected chi connectivity index (χ3v) is 3.09. The number of urea groups is 1. The Morgan fingerprint density at radius 2 is 2.50 bits per heavy atom. The lowest BCUT2D eigenvalue weighted by molar-refractivity contribution is 0.113. The van der Waals surface area contributed by atoms with Crippen molar-refractivity contribution in [1.29, 1.82) is 0 Å². The molecule has 68 valence electrons. The number of nitrogens with zero attached hydrogens (tertiary/aromatic N) is 1. The SMILES string of the molecule is CC12CCC(CNC1)N2C(N)=O. The van der Waals surface area contributed by atoms with Gasteiger partial charge in [0.1, 0.15) is 0 Å². The second-order valence-electron chi connectivity index (χ2n) is 4.03. The van der Waals surface area contributed by atoms with Crippen molar-refractivity contribution >= 4 is 6.03 Å². The fraction of sp³-hybridized carbons (Fsp3) is 0.875. The van der Waals surface area contributed by atoms with E-state index in [1.807, 2.05) is 4.90 Å². The molecule has 0 aromatic heterocycles. The lowest BCUT2D eigenvalue weighted by atomic mass is 9.99. The lowest BCUT2D eigenvalue weighted by Gasteiger charge is -2.41. The Labute approximate surface area is 72.1 Å². The van der Waals surface area contributed by atoms with Crippen molar-refractivity contribution in [3.63, 3.8) is 0 Å². The summed E-state index contributed by atoms with van der Waals surface area (Å²) in [6.07, 6.45) is 2.17. The number of primary amides is 1. The van der Waals surface area contributed by atoms with Gasteiger partial charge >= 0.3 is 6.03 Å². The van der Waals surface area contributed by atoms with E-state index in [0.29, 0.717) is 6.04 Å². The van der Waals surface area contributed by atoms with Crippen molar-refractivity contribution in [3.8, 4) is 0 Å². The van der Waals surface area contributed by atoms with E-state index in [9.17, 15) is 4.79 Å². The molecule has 12 heavy (non-hydrogen) atoms. The predicted molar refractivity (Wildman–Crippen MR) is 45.7 cm³/mol. The molecule has 2 heterocycles. The first kappa shape index (κ1) is 7.86. The molecule has 0 radical (unpaired) electrons. The summed E-state index contributed by atoms with van der Waals surface area (Å²) < 4.78 is 0. The van der Waals surface area contributed by atoms with Crippen LogP contribution in [-0.4, -0.2) is 35.6 Å². The average molecular weight is 169 g/mol. The van der Waals surface area contributed by atoms with Crippen molar-refractivity contribution in [1.82, 2.24) is 10.2 Å². The monoisotopic (exact) mass is 169 g/mol. The number of carbonyl (C=O) groups excluding carboxylic acids is 1. The highest BCUT2D eigenvalue weighted by atomic mass is 16.2. The molecule has 0 spiro atoms. The summed E-state index contributed by atoms with van der Waals surface area (Å²) in [6, 6.07) is 0.0720. The van der Waals surface area contributed by atoms with E-state index < -0.39 is 0 Å². The molecule has 3 N–H and O–H groups in total. The number of rotatable bonds is 0. The molecule has 0 aromatic rings. The summed E-state index contributed by atoms with van der Waals surface area (Å²) in [7, 11) is 0. The Kier molecular flexibility index (Phi) is 1.54. The first-order chi connectivity index (χ1) is 5.63. The van der Waals surface area contributed by atoms with Crippen LogP contribution in [0.15, 0.2) is 0 Å². The van der Waals surface area contributed by atoms with E-state index in [1.165, 1.54) is 0 Å². The van der Waals surface area contributed by atoms with Gasteiger partial charge < -0.3 is 16.0 Å². The van der Waals surface area contributed by atoms with Gasteiger partial charge in [-0.1, -0.05) is 0 Å². The minimum atomic E-state index is -0.262. The van der Waals surface area contributed by atoms with Gasteiger partial charge in [-0.15, -0.1) is 0 Å². The number of nitrogens with two attached hydrogens (primary N) is 1. The zero-order chi connectivity index (χ0) is 8.77. The molecule has 2 unspecified atom stereocenters. The fourth-order valence-electron chi connectivity index (χ4n) is 2.49. The van der Waals surface area contributed by atoms with Crippen LogP contribution in [0.3, 0.4) is 0 Å². The standard InChI is InChI=1S/C8H15N3O/c1-8-3-2-6(4-10-5-8)11(8)7(9)12/h6,10H,2-5H2,1H3,(H2,9,12). The minimum Gasteiger partial charge on any atom is -0.351 e. The predicted octanol–water partition coefficient (Wildman–Crippen LogP) is -0.109. The summed E-state index contributed by atoms with van der Waals surface area (Å²) in [4.78, 5) is 13.0. The lowest BCUT2D eigenvalue weighted by Crippen LogP contribution is -2.62. The van der Waals surface area contributed by atoms with Crippen LogP contribution >= 0.6 is 0 Å². The van der Waals surface area contributed by atoms with Crippen molar-refractivity contribution in [2.45, 2.75) is 31.3 Å². The second kappa shape index (κ2) is 2.36. The molecule has 4 heteroatoms. The number of hydrogen-bond donors (Lipinski definition) is 2. The number of fused-ring (bicyclic) bond motifs is 2. The number of hydrogen-bond acceptors (Lipinski definition) is 2. The highest BCUT2D eigenvalue weighted by Gasteiger charge is 2.47. The number of nitrogens with one attached hydrogen (secondary N) is 1. The maximum absolute atomic E-state index is 11.1. The Bertz CT molecular complexity index is 214.